The summed E-state index contributed by atoms with van der Waals surface area (Å²) in [6.45, 7) is 3.89. The second-order valence-electron chi connectivity index (χ2n) is 4.40. The Kier molecular flexibility index (Phi) is 3.76. The number of hydrogen-bond donors (Lipinski definition) is 1. The minimum Gasteiger partial charge on any atom is -0.291 e. The number of nitrogens with zero attached hydrogens (tertiary/aromatic N) is 1. The molecule has 0 bridgehead atoms. The highest BCUT2D eigenvalue weighted by Gasteiger charge is 2.07. The predicted octanol–water partition coefficient (Wildman–Crippen LogP) is 2.77. The molecular weight excluding hydrogens is 327 g/mol. The van der Waals surface area contributed by atoms with Crippen LogP contribution < -0.4 is 16.1 Å². The van der Waals surface area contributed by atoms with E-state index in [0.717, 1.165) is 4.88 Å². The van der Waals surface area contributed by atoms with E-state index in [1.54, 1.807) is 29.5 Å². The van der Waals surface area contributed by atoms with Gasteiger partial charge >= 0.3 is 0 Å². The second kappa shape index (κ2) is 5.56. The van der Waals surface area contributed by atoms with Crippen molar-refractivity contribution in [3.8, 4) is 5.69 Å². The van der Waals surface area contributed by atoms with Crippen molar-refractivity contribution in [2.45, 2.75) is 0 Å². The molecule has 0 radical (unpaired) electrons. The van der Waals surface area contributed by atoms with Gasteiger partial charge < -0.3 is 0 Å². The molecule has 0 amide bonds. The van der Waals surface area contributed by atoms with Gasteiger partial charge in [0.2, 0.25) is 0 Å². The fraction of sp³-hybridized carbons (Fsp3) is 0. The van der Waals surface area contributed by atoms with E-state index in [-0.39, 0.29) is 5.56 Å². The van der Waals surface area contributed by atoms with Crippen LogP contribution in [-0.2, 0) is 0 Å². The van der Waals surface area contributed by atoms with Gasteiger partial charge in [-0.15, -0.1) is 11.3 Å². The average molecular weight is 337 g/mol. The van der Waals surface area contributed by atoms with Gasteiger partial charge in [-0.2, -0.15) is 0 Å². The summed E-state index contributed by atoms with van der Waals surface area (Å²) in [5.74, 6) is 0. The van der Waals surface area contributed by atoms with Crippen LogP contribution in [0.15, 0.2) is 40.5 Å². The number of aromatic amines is 1. The van der Waals surface area contributed by atoms with Crippen LogP contribution in [0.2, 0.25) is 10.0 Å². The Balaban J connectivity index is 2.21. The first kappa shape index (κ1) is 14.2. The first-order valence-corrected chi connectivity index (χ1v) is 7.70. The van der Waals surface area contributed by atoms with Crippen molar-refractivity contribution in [3.05, 3.63) is 71.6 Å². The third kappa shape index (κ3) is 2.70. The predicted molar refractivity (Wildman–Crippen MR) is 89.1 cm³/mol. The molecule has 2 aromatic heterocycles. The van der Waals surface area contributed by atoms with E-state index in [2.05, 4.69) is 11.7 Å². The van der Waals surface area contributed by atoms with Gasteiger partial charge in [0.25, 0.3) is 5.56 Å². The van der Waals surface area contributed by atoms with Crippen molar-refractivity contribution in [1.82, 2.24) is 9.78 Å². The summed E-state index contributed by atoms with van der Waals surface area (Å²) in [5, 5.41) is 6.83. The molecule has 0 atom stereocenters. The Hall–Kier alpha value is -1.75. The molecule has 0 saturated heterocycles. The molecule has 21 heavy (non-hydrogen) atoms. The molecule has 1 aromatic carbocycles. The lowest BCUT2D eigenvalue weighted by Gasteiger charge is -2.02. The molecule has 3 nitrogen and oxygen atoms in total. The Morgan fingerprint density at radius 2 is 2.05 bits per heavy atom. The summed E-state index contributed by atoms with van der Waals surface area (Å²) in [5.41, 5.74) is 0.442. The van der Waals surface area contributed by atoms with E-state index in [9.17, 15) is 4.79 Å². The van der Waals surface area contributed by atoms with Crippen LogP contribution in [-0.4, -0.2) is 9.78 Å². The van der Waals surface area contributed by atoms with Gasteiger partial charge in [0, 0.05) is 4.88 Å². The fourth-order valence-electron chi connectivity index (χ4n) is 1.97. The lowest BCUT2D eigenvalue weighted by Crippen LogP contribution is -2.33. The fourth-order valence-corrected chi connectivity index (χ4v) is 2.92. The van der Waals surface area contributed by atoms with Crippen molar-refractivity contribution in [3.63, 3.8) is 0 Å². The van der Waals surface area contributed by atoms with Gasteiger partial charge in [0.1, 0.15) is 0 Å². The maximum absolute atomic E-state index is 12.5. The highest BCUT2D eigenvalue weighted by atomic mass is 35.5. The quantitative estimate of drug-likeness (QED) is 0.767. The Bertz CT molecular complexity index is 955. The first-order chi connectivity index (χ1) is 10.1. The summed E-state index contributed by atoms with van der Waals surface area (Å²) in [7, 11) is 0. The molecule has 2 heterocycles. The Morgan fingerprint density at radius 1 is 1.24 bits per heavy atom. The van der Waals surface area contributed by atoms with Gasteiger partial charge in [0.05, 0.1) is 26.3 Å². The maximum atomic E-state index is 12.5. The van der Waals surface area contributed by atoms with E-state index in [0.29, 0.717) is 26.3 Å². The van der Waals surface area contributed by atoms with Crippen LogP contribution in [0.4, 0.5) is 0 Å². The molecule has 106 valence electrons. The molecule has 0 aliphatic rings. The van der Waals surface area contributed by atoms with Crippen LogP contribution >= 0.6 is 34.5 Å². The standard InChI is InChI=1S/C15H10Cl2N2OS/c1-9-12(8-11-3-2-6-21-11)15(20)19(18-9)10-4-5-13(16)14(17)7-10/h2-8,18H,1H2. The minimum atomic E-state index is -0.174. The zero-order chi connectivity index (χ0) is 15.0. The lowest BCUT2D eigenvalue weighted by molar-refractivity contribution is 0.838. The normalized spacial score (nSPS) is 12.0. The van der Waals surface area contributed by atoms with Crippen molar-refractivity contribution in [2.75, 3.05) is 0 Å². The summed E-state index contributed by atoms with van der Waals surface area (Å²) < 4.78 is 1.41. The van der Waals surface area contributed by atoms with Crippen LogP contribution in [0.5, 0.6) is 0 Å². The molecule has 0 saturated carbocycles. The van der Waals surface area contributed by atoms with Gasteiger partial charge in [0.15, 0.2) is 0 Å². The third-order valence-electron chi connectivity index (χ3n) is 3.00. The molecule has 0 fully saturated rings. The van der Waals surface area contributed by atoms with Crippen molar-refractivity contribution in [1.29, 1.82) is 0 Å². The molecule has 1 N–H and O–H groups in total. The minimum absolute atomic E-state index is 0.174. The molecule has 3 aromatic rings. The summed E-state index contributed by atoms with van der Waals surface area (Å²) in [6, 6.07) is 8.89. The second-order valence-corrected chi connectivity index (χ2v) is 6.20. The molecular formula is C15H10Cl2N2OS. The third-order valence-corrected chi connectivity index (χ3v) is 4.55. The van der Waals surface area contributed by atoms with Crippen LogP contribution in [0, 0.1) is 0 Å². The SMILES string of the molecule is C=c1[nH]n(-c2ccc(Cl)c(Cl)c2)c(=O)c1=Cc1cccs1. The van der Waals surface area contributed by atoms with Gasteiger partial charge in [-0.25, -0.2) is 4.68 Å². The Labute approximate surface area is 134 Å². The average Bonchev–Trinajstić information content (AvgIpc) is 3.06. The Morgan fingerprint density at radius 3 is 2.71 bits per heavy atom. The van der Waals surface area contributed by atoms with E-state index in [1.165, 1.54) is 4.68 Å². The number of benzene rings is 1. The number of rotatable bonds is 2. The number of hydrogen-bond acceptors (Lipinski definition) is 2. The number of thiophene rings is 1. The first-order valence-electron chi connectivity index (χ1n) is 6.07. The van der Waals surface area contributed by atoms with Crippen LogP contribution in [0.1, 0.15) is 4.88 Å². The smallest absolute Gasteiger partial charge is 0.279 e. The molecule has 3 rings (SSSR count). The van der Waals surface area contributed by atoms with Gasteiger partial charge in [-0.1, -0.05) is 35.8 Å². The number of nitrogens with one attached hydrogen (secondary N) is 1. The zero-order valence-electron chi connectivity index (χ0n) is 10.8. The molecule has 0 spiro atoms. The number of H-pyrrole nitrogens is 1. The zero-order valence-corrected chi connectivity index (χ0v) is 13.1. The van der Waals surface area contributed by atoms with Gasteiger partial charge in [-0.05, 0) is 35.7 Å². The largest absolute Gasteiger partial charge is 0.291 e. The highest BCUT2D eigenvalue weighted by molar-refractivity contribution is 7.10. The van der Waals surface area contributed by atoms with Crippen molar-refractivity contribution in [2.24, 2.45) is 0 Å². The lowest BCUT2D eigenvalue weighted by atomic mass is 10.3. The molecule has 0 unspecified atom stereocenters. The molecule has 6 heteroatoms. The number of aromatic nitrogens is 2. The van der Waals surface area contributed by atoms with E-state index < -0.39 is 0 Å². The van der Waals surface area contributed by atoms with Crippen molar-refractivity contribution < 1.29 is 0 Å². The van der Waals surface area contributed by atoms with E-state index in [4.69, 9.17) is 23.2 Å². The maximum Gasteiger partial charge on any atom is 0.279 e. The molecule has 0 aliphatic carbocycles. The van der Waals surface area contributed by atoms with Crippen molar-refractivity contribution >= 4 is 47.2 Å². The molecule has 0 aliphatic heterocycles. The monoisotopic (exact) mass is 336 g/mol. The van der Waals surface area contributed by atoms with E-state index in [1.807, 2.05) is 23.6 Å². The summed E-state index contributed by atoms with van der Waals surface area (Å²) in [4.78, 5) is 13.5. The van der Waals surface area contributed by atoms with Crippen LogP contribution in [0.3, 0.4) is 0 Å². The summed E-state index contributed by atoms with van der Waals surface area (Å²) >= 11 is 13.4. The summed E-state index contributed by atoms with van der Waals surface area (Å²) in [6.07, 6.45) is 1.82. The highest BCUT2D eigenvalue weighted by Crippen LogP contribution is 2.23. The topological polar surface area (TPSA) is 37.8 Å². The van der Waals surface area contributed by atoms with Crippen LogP contribution in [0.25, 0.3) is 18.3 Å². The van der Waals surface area contributed by atoms with Gasteiger partial charge in [-0.3, -0.25) is 9.89 Å². The number of halogens is 2. The van der Waals surface area contributed by atoms with E-state index >= 15 is 0 Å².